The van der Waals surface area contributed by atoms with E-state index in [4.69, 9.17) is 5.73 Å². The third-order valence-electron chi connectivity index (χ3n) is 3.24. The number of anilines is 1. The van der Waals surface area contributed by atoms with Gasteiger partial charge in [0.25, 0.3) is 5.56 Å². The molecule has 2 rings (SSSR count). The predicted octanol–water partition coefficient (Wildman–Crippen LogP) is -0.0462. The normalized spacial score (nSPS) is 17.2. The van der Waals surface area contributed by atoms with Crippen molar-refractivity contribution in [1.82, 2.24) is 9.55 Å². The fraction of sp³-hybridized carbons (Fsp3) is 0.636. The van der Waals surface area contributed by atoms with Gasteiger partial charge < -0.3 is 15.2 Å². The first-order chi connectivity index (χ1) is 7.65. The first-order valence-electron chi connectivity index (χ1n) is 5.59. The first-order valence-corrected chi connectivity index (χ1v) is 5.59. The van der Waals surface area contributed by atoms with E-state index in [1.165, 1.54) is 12.8 Å². The van der Waals surface area contributed by atoms with Crippen LogP contribution in [0.25, 0.3) is 0 Å². The van der Waals surface area contributed by atoms with Crippen LogP contribution in [0.1, 0.15) is 12.8 Å². The van der Waals surface area contributed by atoms with Crippen molar-refractivity contribution < 1.29 is 0 Å². The molecule has 1 fully saturated rings. The molecule has 0 aliphatic heterocycles. The van der Waals surface area contributed by atoms with Crippen molar-refractivity contribution in [2.24, 2.45) is 18.7 Å². The molecule has 1 heterocycles. The van der Waals surface area contributed by atoms with Crippen LogP contribution < -0.4 is 16.2 Å². The standard InChI is InChI=1S/C11H18N4O/c1-14-6-5-13-10(11(14)16)15(2)9(7-12)8-3-4-8/h5-6,8-9H,3-4,7,12H2,1-2H3. The average Bonchev–Trinajstić information content (AvgIpc) is 3.07. The van der Waals surface area contributed by atoms with E-state index in [1.54, 1.807) is 24.0 Å². The minimum Gasteiger partial charge on any atom is -0.351 e. The summed E-state index contributed by atoms with van der Waals surface area (Å²) < 4.78 is 1.54. The number of aryl methyl sites for hydroxylation is 1. The highest BCUT2D eigenvalue weighted by Gasteiger charge is 2.34. The molecule has 0 bridgehead atoms. The van der Waals surface area contributed by atoms with Crippen molar-refractivity contribution >= 4 is 5.82 Å². The summed E-state index contributed by atoms with van der Waals surface area (Å²) in [4.78, 5) is 18.0. The largest absolute Gasteiger partial charge is 0.351 e. The number of nitrogens with zero attached hydrogens (tertiary/aromatic N) is 3. The molecule has 5 nitrogen and oxygen atoms in total. The van der Waals surface area contributed by atoms with Crippen LogP contribution in [0.3, 0.4) is 0 Å². The Morgan fingerprint density at radius 2 is 2.38 bits per heavy atom. The minimum absolute atomic E-state index is 0.0656. The van der Waals surface area contributed by atoms with Crippen molar-refractivity contribution in [3.8, 4) is 0 Å². The second-order valence-corrected chi connectivity index (χ2v) is 4.42. The molecule has 0 amide bonds. The van der Waals surface area contributed by atoms with E-state index in [2.05, 4.69) is 4.98 Å². The summed E-state index contributed by atoms with van der Waals surface area (Å²) >= 11 is 0. The van der Waals surface area contributed by atoms with Gasteiger partial charge in [0.05, 0.1) is 0 Å². The maximum Gasteiger partial charge on any atom is 0.293 e. The molecule has 88 valence electrons. The molecule has 0 radical (unpaired) electrons. The van der Waals surface area contributed by atoms with Crippen LogP contribution in [0.15, 0.2) is 17.2 Å². The van der Waals surface area contributed by atoms with E-state index in [0.717, 1.165) is 0 Å². The fourth-order valence-corrected chi connectivity index (χ4v) is 2.03. The van der Waals surface area contributed by atoms with Crippen LogP contribution >= 0.6 is 0 Å². The van der Waals surface area contributed by atoms with Gasteiger partial charge in [-0.25, -0.2) is 4.98 Å². The van der Waals surface area contributed by atoms with Crippen molar-refractivity contribution in [2.45, 2.75) is 18.9 Å². The van der Waals surface area contributed by atoms with Crippen LogP contribution in [0.4, 0.5) is 5.82 Å². The Hall–Kier alpha value is -1.36. The van der Waals surface area contributed by atoms with Crippen molar-refractivity contribution in [1.29, 1.82) is 0 Å². The summed E-state index contributed by atoms with van der Waals surface area (Å²) in [6.07, 6.45) is 5.72. The molecular weight excluding hydrogens is 204 g/mol. The predicted molar refractivity (Wildman–Crippen MR) is 63.4 cm³/mol. The van der Waals surface area contributed by atoms with Crippen molar-refractivity contribution in [3.05, 3.63) is 22.7 Å². The van der Waals surface area contributed by atoms with Gasteiger partial charge in [0.15, 0.2) is 5.82 Å². The van der Waals surface area contributed by atoms with Gasteiger partial charge in [-0.1, -0.05) is 0 Å². The van der Waals surface area contributed by atoms with E-state index in [9.17, 15) is 4.79 Å². The molecule has 1 saturated carbocycles. The molecule has 0 saturated heterocycles. The van der Waals surface area contributed by atoms with Gasteiger partial charge >= 0.3 is 0 Å². The van der Waals surface area contributed by atoms with Gasteiger partial charge in [-0.3, -0.25) is 4.79 Å². The van der Waals surface area contributed by atoms with Crippen LogP contribution in [0, 0.1) is 5.92 Å². The van der Waals surface area contributed by atoms with Gasteiger partial charge in [-0.15, -0.1) is 0 Å². The third-order valence-corrected chi connectivity index (χ3v) is 3.24. The van der Waals surface area contributed by atoms with E-state index in [1.807, 2.05) is 11.9 Å². The molecule has 1 aromatic heterocycles. The van der Waals surface area contributed by atoms with Crippen molar-refractivity contribution in [2.75, 3.05) is 18.5 Å². The lowest BCUT2D eigenvalue weighted by Gasteiger charge is -2.27. The van der Waals surface area contributed by atoms with Gasteiger partial charge in [0.2, 0.25) is 0 Å². The first kappa shape index (κ1) is 11.1. The average molecular weight is 222 g/mol. The summed E-state index contributed by atoms with van der Waals surface area (Å²) in [5.74, 6) is 1.12. The molecule has 1 aliphatic rings. The van der Waals surface area contributed by atoms with E-state index < -0.39 is 0 Å². The second-order valence-electron chi connectivity index (χ2n) is 4.42. The summed E-state index contributed by atoms with van der Waals surface area (Å²) in [7, 11) is 3.63. The number of hydrogen-bond acceptors (Lipinski definition) is 4. The Bertz CT molecular complexity index is 424. The lowest BCUT2D eigenvalue weighted by atomic mass is 10.1. The smallest absolute Gasteiger partial charge is 0.293 e. The summed E-state index contributed by atoms with van der Waals surface area (Å²) in [6.45, 7) is 0.570. The Morgan fingerprint density at radius 1 is 1.69 bits per heavy atom. The number of hydrogen-bond donors (Lipinski definition) is 1. The van der Waals surface area contributed by atoms with E-state index >= 15 is 0 Å². The zero-order chi connectivity index (χ0) is 11.7. The summed E-state index contributed by atoms with van der Waals surface area (Å²) in [6, 6.07) is 0.239. The minimum atomic E-state index is -0.0656. The van der Waals surface area contributed by atoms with E-state index in [-0.39, 0.29) is 11.6 Å². The Labute approximate surface area is 94.9 Å². The highest BCUT2D eigenvalue weighted by atomic mass is 16.1. The molecule has 1 aliphatic carbocycles. The summed E-state index contributed by atoms with van der Waals surface area (Å²) in [5, 5.41) is 0. The Balaban J connectivity index is 2.28. The van der Waals surface area contributed by atoms with E-state index in [0.29, 0.717) is 18.3 Å². The quantitative estimate of drug-likeness (QED) is 0.776. The zero-order valence-corrected chi connectivity index (χ0v) is 9.76. The SMILES string of the molecule is CN(c1nccn(C)c1=O)C(CN)C1CC1. The molecule has 0 aromatic carbocycles. The highest BCUT2D eigenvalue weighted by molar-refractivity contribution is 5.36. The zero-order valence-electron chi connectivity index (χ0n) is 9.76. The van der Waals surface area contributed by atoms with Gasteiger partial charge in [-0.05, 0) is 18.8 Å². The number of rotatable bonds is 4. The van der Waals surface area contributed by atoms with Gasteiger partial charge in [0, 0.05) is 39.1 Å². The molecule has 1 aromatic rings. The second kappa shape index (κ2) is 4.25. The van der Waals surface area contributed by atoms with Crippen molar-refractivity contribution in [3.63, 3.8) is 0 Å². The monoisotopic (exact) mass is 222 g/mol. The maximum absolute atomic E-state index is 11.9. The third kappa shape index (κ3) is 1.95. The van der Waals surface area contributed by atoms with Crippen LogP contribution in [0.2, 0.25) is 0 Å². The van der Waals surface area contributed by atoms with Gasteiger partial charge in [-0.2, -0.15) is 0 Å². The molecule has 2 N–H and O–H groups in total. The number of aromatic nitrogens is 2. The van der Waals surface area contributed by atoms with Crippen LogP contribution in [-0.4, -0.2) is 29.2 Å². The molecule has 0 spiro atoms. The molecular formula is C11H18N4O. The topological polar surface area (TPSA) is 64.2 Å². The maximum atomic E-state index is 11.9. The number of likely N-dealkylation sites (N-methyl/N-ethyl adjacent to an activating group) is 1. The Morgan fingerprint density at radius 3 is 2.94 bits per heavy atom. The fourth-order valence-electron chi connectivity index (χ4n) is 2.03. The molecule has 16 heavy (non-hydrogen) atoms. The summed E-state index contributed by atoms with van der Waals surface area (Å²) in [5.41, 5.74) is 5.70. The Kier molecular flexibility index (Phi) is 2.96. The van der Waals surface area contributed by atoms with Crippen LogP contribution in [-0.2, 0) is 7.05 Å². The lowest BCUT2D eigenvalue weighted by Crippen LogP contribution is -2.43. The number of nitrogens with two attached hydrogens (primary N) is 1. The molecule has 1 atom stereocenters. The molecule has 1 unspecified atom stereocenters. The lowest BCUT2D eigenvalue weighted by molar-refractivity contribution is 0.562. The van der Waals surface area contributed by atoms with Gasteiger partial charge in [0.1, 0.15) is 0 Å². The molecule has 5 heteroatoms. The highest BCUT2D eigenvalue weighted by Crippen LogP contribution is 2.35. The van der Waals surface area contributed by atoms with Crippen LogP contribution in [0.5, 0.6) is 0 Å².